The minimum atomic E-state index is -0.605. The number of imide groups is 1. The third-order valence-corrected chi connectivity index (χ3v) is 7.32. The van der Waals surface area contributed by atoms with Crippen molar-refractivity contribution >= 4 is 23.4 Å². The van der Waals surface area contributed by atoms with Crippen LogP contribution in [0.5, 0.6) is 0 Å². The number of fused-ring (bicyclic) bond motifs is 1. The van der Waals surface area contributed by atoms with Crippen molar-refractivity contribution in [3.05, 3.63) is 77.4 Å². The molecule has 0 radical (unpaired) electrons. The van der Waals surface area contributed by atoms with E-state index >= 15 is 0 Å². The molecule has 0 aromatic heterocycles. The van der Waals surface area contributed by atoms with E-state index in [1.54, 1.807) is 0 Å². The topological polar surface area (TPSA) is 66.5 Å². The number of allylic oxidation sites excluding steroid dienone is 2. The number of benzene rings is 2. The fourth-order valence-electron chi connectivity index (χ4n) is 5.77. The van der Waals surface area contributed by atoms with Crippen molar-refractivity contribution in [1.29, 1.82) is 0 Å². The molecule has 1 aliphatic heterocycles. The number of aryl methyl sites for hydroxylation is 2. The molecule has 164 valence electrons. The highest BCUT2D eigenvalue weighted by atomic mass is 16.2. The fourth-order valence-corrected chi connectivity index (χ4v) is 5.77. The number of carbonyl (C=O) groups excluding carboxylic acids is 3. The van der Waals surface area contributed by atoms with Crippen molar-refractivity contribution in [3.8, 4) is 0 Å². The summed E-state index contributed by atoms with van der Waals surface area (Å²) in [6.45, 7) is 3.97. The maximum Gasteiger partial charge on any atom is 0.234 e. The van der Waals surface area contributed by atoms with Crippen LogP contribution in [0.25, 0.3) is 0 Å². The summed E-state index contributed by atoms with van der Waals surface area (Å²) in [6.07, 6.45) is 6.19. The summed E-state index contributed by atoms with van der Waals surface area (Å²) in [7, 11) is 0. The molecule has 0 unspecified atom stereocenters. The van der Waals surface area contributed by atoms with E-state index in [1.165, 1.54) is 4.90 Å². The minimum absolute atomic E-state index is 0.0387. The Hall–Kier alpha value is -3.21. The van der Waals surface area contributed by atoms with Gasteiger partial charge in [-0.2, -0.15) is 0 Å². The molecule has 6 rings (SSSR count). The molecule has 1 saturated carbocycles. The van der Waals surface area contributed by atoms with E-state index in [-0.39, 0.29) is 47.8 Å². The van der Waals surface area contributed by atoms with Crippen molar-refractivity contribution in [2.75, 3.05) is 5.32 Å². The number of nitrogens with one attached hydrogen (secondary N) is 1. The van der Waals surface area contributed by atoms with Gasteiger partial charge in [0.25, 0.3) is 0 Å². The van der Waals surface area contributed by atoms with Crippen LogP contribution in [0, 0.1) is 37.5 Å². The van der Waals surface area contributed by atoms with Crippen LogP contribution in [-0.4, -0.2) is 22.6 Å². The molecule has 2 bridgehead atoms. The van der Waals surface area contributed by atoms with E-state index in [0.29, 0.717) is 0 Å². The van der Waals surface area contributed by atoms with E-state index in [9.17, 15) is 14.4 Å². The highest BCUT2D eigenvalue weighted by molar-refractivity contribution is 6.07. The predicted octanol–water partition coefficient (Wildman–Crippen LogP) is 4.57. The summed E-state index contributed by atoms with van der Waals surface area (Å²) in [5.74, 6) is -0.736. The Morgan fingerprint density at radius 1 is 0.969 bits per heavy atom. The van der Waals surface area contributed by atoms with E-state index in [2.05, 4.69) is 17.5 Å². The lowest BCUT2D eigenvalue weighted by Gasteiger charge is -2.38. The summed E-state index contributed by atoms with van der Waals surface area (Å²) >= 11 is 0. The highest BCUT2D eigenvalue weighted by Crippen LogP contribution is 2.51. The fraction of sp³-hybridized carbons (Fsp3) is 0.370. The summed E-state index contributed by atoms with van der Waals surface area (Å²) in [5, 5.41) is 2.98. The molecule has 5 atom stereocenters. The van der Waals surface area contributed by atoms with Gasteiger partial charge in [0.05, 0.1) is 24.3 Å². The number of carbonyl (C=O) groups is 3. The van der Waals surface area contributed by atoms with Crippen LogP contribution in [0.2, 0.25) is 0 Å². The Kier molecular flexibility index (Phi) is 5.20. The second-order valence-electron chi connectivity index (χ2n) is 9.39. The molecule has 2 aromatic carbocycles. The summed E-state index contributed by atoms with van der Waals surface area (Å²) in [5.41, 5.74) is 3.67. The Morgan fingerprint density at radius 2 is 1.59 bits per heavy atom. The van der Waals surface area contributed by atoms with Crippen LogP contribution in [0.3, 0.4) is 0 Å². The lowest BCUT2D eigenvalue weighted by molar-refractivity contribution is -0.143. The smallest absolute Gasteiger partial charge is 0.234 e. The zero-order valence-corrected chi connectivity index (χ0v) is 18.5. The second-order valence-corrected chi connectivity index (χ2v) is 9.39. The summed E-state index contributed by atoms with van der Waals surface area (Å²) in [4.78, 5) is 41.5. The summed E-state index contributed by atoms with van der Waals surface area (Å²) in [6, 6.07) is 14.7. The number of hydrogen-bond acceptors (Lipinski definition) is 3. The number of amides is 3. The first-order valence-corrected chi connectivity index (χ1v) is 11.4. The second kappa shape index (κ2) is 8.05. The molecular weight excluding hydrogens is 400 g/mol. The number of nitrogens with zero attached hydrogens (tertiary/aromatic N) is 1. The van der Waals surface area contributed by atoms with Gasteiger partial charge in [0.2, 0.25) is 17.7 Å². The van der Waals surface area contributed by atoms with Gasteiger partial charge in [-0.05, 0) is 55.7 Å². The zero-order valence-electron chi connectivity index (χ0n) is 18.5. The number of hydrogen-bond donors (Lipinski definition) is 1. The Morgan fingerprint density at radius 3 is 2.16 bits per heavy atom. The van der Waals surface area contributed by atoms with Crippen LogP contribution in [-0.2, 0) is 14.4 Å². The quantitative estimate of drug-likeness (QED) is 0.560. The molecular formula is C27H28N2O3. The largest absolute Gasteiger partial charge is 0.326 e. The lowest BCUT2D eigenvalue weighted by Crippen LogP contribution is -2.38. The van der Waals surface area contributed by atoms with Gasteiger partial charge in [-0.1, -0.05) is 60.2 Å². The molecule has 4 aliphatic rings. The average Bonchev–Trinajstić information content (AvgIpc) is 3.08. The maximum absolute atomic E-state index is 13.5. The highest BCUT2D eigenvalue weighted by Gasteiger charge is 2.58. The number of anilines is 1. The monoisotopic (exact) mass is 428 g/mol. The van der Waals surface area contributed by atoms with Crippen molar-refractivity contribution in [2.24, 2.45) is 23.7 Å². The van der Waals surface area contributed by atoms with Crippen LogP contribution in [0.1, 0.15) is 42.0 Å². The first-order valence-electron chi connectivity index (χ1n) is 11.4. The zero-order chi connectivity index (χ0) is 22.4. The van der Waals surface area contributed by atoms with Crippen molar-refractivity contribution < 1.29 is 14.4 Å². The van der Waals surface area contributed by atoms with Gasteiger partial charge in [-0.3, -0.25) is 19.3 Å². The molecule has 1 saturated heterocycles. The van der Waals surface area contributed by atoms with E-state index in [1.807, 2.05) is 62.4 Å². The molecule has 3 amide bonds. The number of rotatable bonds is 5. The Labute approximate surface area is 188 Å². The molecule has 5 heteroatoms. The van der Waals surface area contributed by atoms with Gasteiger partial charge in [0.15, 0.2) is 0 Å². The van der Waals surface area contributed by atoms with Crippen molar-refractivity contribution in [1.82, 2.24) is 4.90 Å². The molecule has 1 N–H and O–H groups in total. The summed E-state index contributed by atoms with van der Waals surface area (Å²) < 4.78 is 0. The number of likely N-dealkylation sites (tertiary alicyclic amines) is 1. The standard InChI is InChI=1S/C27H28N2O3/c1-16-8-13-21(17(2)14-16)28-23(30)15-22(18-6-4-3-5-7-18)29-26(31)24-19-9-10-20(12-11-19)25(24)27(29)32/h3-10,13-14,19-20,22,24-25H,11-12,15H2,1-2H3,(H,28,30)/t19-,20-,22+,24+,25+/m0/s1. The SMILES string of the molecule is Cc1ccc(NC(=O)C[C@H](c2ccccc2)N2C(=O)[C@H]3[C@H](C2=O)[C@H]2C=C[C@H]3CC2)c(C)c1. The molecule has 5 nitrogen and oxygen atoms in total. The van der Waals surface area contributed by atoms with Crippen LogP contribution in [0.4, 0.5) is 5.69 Å². The van der Waals surface area contributed by atoms with E-state index < -0.39 is 6.04 Å². The van der Waals surface area contributed by atoms with Crippen LogP contribution >= 0.6 is 0 Å². The van der Waals surface area contributed by atoms with Gasteiger partial charge in [-0.15, -0.1) is 0 Å². The van der Waals surface area contributed by atoms with Gasteiger partial charge >= 0.3 is 0 Å². The third kappa shape index (κ3) is 3.46. The Bertz CT molecular complexity index is 1080. The lowest BCUT2D eigenvalue weighted by atomic mass is 9.63. The van der Waals surface area contributed by atoms with Crippen molar-refractivity contribution in [3.63, 3.8) is 0 Å². The minimum Gasteiger partial charge on any atom is -0.326 e. The maximum atomic E-state index is 13.5. The van der Waals surface area contributed by atoms with Gasteiger partial charge in [0.1, 0.15) is 0 Å². The third-order valence-electron chi connectivity index (χ3n) is 7.32. The molecule has 2 aromatic rings. The first-order chi connectivity index (χ1) is 15.4. The first kappa shape index (κ1) is 20.7. The van der Waals surface area contributed by atoms with E-state index in [4.69, 9.17) is 0 Å². The molecule has 3 aliphatic carbocycles. The van der Waals surface area contributed by atoms with Gasteiger partial charge in [0, 0.05) is 5.69 Å². The van der Waals surface area contributed by atoms with Gasteiger partial charge in [-0.25, -0.2) is 0 Å². The molecule has 2 fully saturated rings. The average molecular weight is 429 g/mol. The van der Waals surface area contributed by atoms with E-state index in [0.717, 1.165) is 35.2 Å². The predicted molar refractivity (Wildman–Crippen MR) is 123 cm³/mol. The molecule has 0 spiro atoms. The molecule has 1 heterocycles. The van der Waals surface area contributed by atoms with Crippen LogP contribution in [0.15, 0.2) is 60.7 Å². The normalized spacial score (nSPS) is 26.9. The van der Waals surface area contributed by atoms with Crippen molar-refractivity contribution in [2.45, 2.75) is 39.2 Å². The van der Waals surface area contributed by atoms with Gasteiger partial charge < -0.3 is 5.32 Å². The Balaban J connectivity index is 1.44. The van der Waals surface area contributed by atoms with Crippen LogP contribution < -0.4 is 5.32 Å². The molecule has 32 heavy (non-hydrogen) atoms.